The summed E-state index contributed by atoms with van der Waals surface area (Å²) >= 11 is 0. The average Bonchev–Trinajstić information content (AvgIpc) is 3.35. The van der Waals surface area contributed by atoms with E-state index in [1.807, 2.05) is 97.1 Å². The maximum atomic E-state index is 13.9. The van der Waals surface area contributed by atoms with Gasteiger partial charge in [0.2, 0.25) is 0 Å². The fraction of sp³-hybridized carbons (Fsp3) is 0.259. The molecule has 0 bridgehead atoms. The highest BCUT2D eigenvalue weighted by atomic mass is 16.5. The zero-order chi connectivity index (χ0) is 46.4. The number of ether oxygens (including phenoxy) is 2. The van der Waals surface area contributed by atoms with Gasteiger partial charge in [-0.25, -0.2) is 9.59 Å². The number of carbonyl (C=O) groups excluding carboxylic acids is 4. The molecule has 0 aliphatic rings. The molecule has 0 spiro atoms. The summed E-state index contributed by atoms with van der Waals surface area (Å²) < 4.78 is 12.1. The van der Waals surface area contributed by atoms with Crippen molar-refractivity contribution in [3.05, 3.63) is 191 Å². The van der Waals surface area contributed by atoms with Gasteiger partial charge in [0.25, 0.3) is 0 Å². The molecule has 0 unspecified atom stereocenters. The van der Waals surface area contributed by atoms with Crippen LogP contribution in [-0.4, -0.2) is 73.7 Å². The second-order valence-corrected chi connectivity index (χ2v) is 16.0. The van der Waals surface area contributed by atoms with E-state index in [1.165, 1.54) is 14.1 Å². The number of anilines is 2. The Labute approximate surface area is 388 Å². The number of benzene rings is 6. The molecule has 0 atom stereocenters. The van der Waals surface area contributed by atoms with Crippen molar-refractivity contribution in [1.29, 1.82) is 0 Å². The number of carbonyl (C=O) groups is 4. The van der Waals surface area contributed by atoms with Crippen LogP contribution in [0, 0.1) is 0 Å². The molecule has 0 saturated heterocycles. The highest BCUT2D eigenvalue weighted by molar-refractivity contribution is 6.01. The number of unbranched alkanes of at least 4 members (excludes halogenated alkanes) is 3. The van der Waals surface area contributed by atoms with Crippen molar-refractivity contribution < 1.29 is 28.7 Å². The van der Waals surface area contributed by atoms with Crippen LogP contribution in [0.1, 0.15) is 68.7 Å². The first-order valence-electron chi connectivity index (χ1n) is 22.4. The quantitative estimate of drug-likeness (QED) is 0.0329. The van der Waals surface area contributed by atoms with Gasteiger partial charge >= 0.3 is 12.1 Å². The molecule has 0 fully saturated rings. The van der Waals surface area contributed by atoms with Crippen molar-refractivity contribution in [2.24, 2.45) is 0 Å². The average molecular weight is 889 g/mol. The molecule has 0 aromatic heterocycles. The van der Waals surface area contributed by atoms with Crippen LogP contribution in [0.25, 0.3) is 0 Å². The van der Waals surface area contributed by atoms with Gasteiger partial charge in [0.15, 0.2) is 11.6 Å². The van der Waals surface area contributed by atoms with Crippen LogP contribution in [0.3, 0.4) is 0 Å². The van der Waals surface area contributed by atoms with Crippen molar-refractivity contribution in [2.45, 2.75) is 52.0 Å². The van der Waals surface area contributed by atoms with Crippen molar-refractivity contribution in [2.75, 3.05) is 50.9 Å². The smallest absolute Gasteiger partial charge is 0.319 e. The lowest BCUT2D eigenvalue weighted by atomic mass is 10.1. The van der Waals surface area contributed by atoms with Gasteiger partial charge in [0, 0.05) is 38.3 Å². The Kier molecular flexibility index (Phi) is 18.9. The van der Waals surface area contributed by atoms with E-state index in [4.69, 9.17) is 9.47 Å². The Bertz CT molecular complexity index is 2280. The normalized spacial score (nSPS) is 10.9. The fourth-order valence-electron chi connectivity index (χ4n) is 7.42. The van der Waals surface area contributed by atoms with Gasteiger partial charge in [-0.05, 0) is 84.6 Å². The molecule has 0 heterocycles. The molecule has 6 rings (SSSR count). The van der Waals surface area contributed by atoms with Crippen molar-refractivity contribution in [1.82, 2.24) is 20.4 Å². The molecule has 0 saturated carbocycles. The van der Waals surface area contributed by atoms with Crippen molar-refractivity contribution >= 4 is 35.0 Å². The van der Waals surface area contributed by atoms with Crippen LogP contribution in [0.4, 0.5) is 21.0 Å². The number of urea groups is 2. The zero-order valence-corrected chi connectivity index (χ0v) is 37.8. The minimum Gasteiger partial charge on any atom is -0.487 e. The van der Waals surface area contributed by atoms with E-state index >= 15 is 0 Å². The Morgan fingerprint density at radius 2 is 0.788 bits per heavy atom. The number of Topliss-reactive ketones (excluding diaryl/α,β-unsaturated/α-hetero) is 2. The summed E-state index contributed by atoms with van der Waals surface area (Å²) in [6.07, 6.45) is 3.65. The topological polar surface area (TPSA) is 141 Å². The van der Waals surface area contributed by atoms with Crippen LogP contribution in [0.2, 0.25) is 0 Å². The lowest BCUT2D eigenvalue weighted by molar-refractivity contribution is 0.0913. The lowest BCUT2D eigenvalue weighted by Gasteiger charge is -2.23. The number of amides is 4. The molecule has 4 amide bonds. The molecule has 6 aromatic rings. The van der Waals surface area contributed by atoms with Crippen LogP contribution in [0.5, 0.6) is 11.5 Å². The van der Waals surface area contributed by atoms with Crippen LogP contribution in [0.15, 0.2) is 158 Å². The molecule has 66 heavy (non-hydrogen) atoms. The van der Waals surface area contributed by atoms with Crippen molar-refractivity contribution in [3.63, 3.8) is 0 Å². The molecular weight excluding hydrogens is 829 g/mol. The maximum Gasteiger partial charge on any atom is 0.319 e. The number of hydrogen-bond acceptors (Lipinski definition) is 8. The molecule has 0 aliphatic heterocycles. The van der Waals surface area contributed by atoms with E-state index in [0.717, 1.165) is 47.9 Å². The number of nitrogens with zero attached hydrogens (tertiary/aromatic N) is 2. The van der Waals surface area contributed by atoms with E-state index in [0.29, 0.717) is 73.4 Å². The largest absolute Gasteiger partial charge is 0.487 e. The summed E-state index contributed by atoms with van der Waals surface area (Å²) in [7, 11) is 3.07. The van der Waals surface area contributed by atoms with E-state index in [-0.39, 0.29) is 24.7 Å². The van der Waals surface area contributed by atoms with E-state index in [2.05, 4.69) is 55.3 Å². The van der Waals surface area contributed by atoms with E-state index in [9.17, 15) is 19.2 Å². The minimum absolute atomic E-state index is 0.0624. The highest BCUT2D eigenvalue weighted by Crippen LogP contribution is 2.29. The third-order valence-electron chi connectivity index (χ3n) is 11.0. The van der Waals surface area contributed by atoms with Gasteiger partial charge in [-0.2, -0.15) is 0 Å². The van der Waals surface area contributed by atoms with Gasteiger partial charge in [0.05, 0.1) is 24.5 Å². The third kappa shape index (κ3) is 15.8. The molecule has 12 heteroatoms. The minimum atomic E-state index is -0.411. The standard InChI is InChI=1S/C54H60N6O6/c1-55-53(63)57-47-33-45(27-29-51(47)65-39-43-23-13-7-14-24-43)49(61)37-59(35-41-19-9-5-10-20-41)31-17-3-4-18-32-60(36-42-21-11-6-12-22-42)38-50(62)46-28-30-52(48(34-46)58-54(64)56-2)66-40-44-25-15-8-16-26-44/h5-16,19-30,33-34H,3-4,17-18,31-32,35-40H2,1-2H3,(H2,55,57,63)(H2,56,58,64). The summed E-state index contributed by atoms with van der Waals surface area (Å²) in [4.78, 5) is 56.9. The molecule has 6 aromatic carbocycles. The van der Waals surface area contributed by atoms with Gasteiger partial charge in [-0.1, -0.05) is 134 Å². The Morgan fingerprint density at radius 3 is 1.14 bits per heavy atom. The molecule has 4 N–H and O–H groups in total. The van der Waals surface area contributed by atoms with Crippen molar-refractivity contribution in [3.8, 4) is 11.5 Å². The van der Waals surface area contributed by atoms with Gasteiger partial charge in [-0.3, -0.25) is 19.4 Å². The Hall–Kier alpha value is -7.28. The summed E-state index contributed by atoms with van der Waals surface area (Å²) in [5, 5.41) is 10.8. The summed E-state index contributed by atoms with van der Waals surface area (Å²) in [5.41, 5.74) is 5.98. The Morgan fingerprint density at radius 1 is 0.439 bits per heavy atom. The second kappa shape index (κ2) is 25.9. The predicted octanol–water partition coefficient (Wildman–Crippen LogP) is 9.98. The van der Waals surface area contributed by atoms with E-state index < -0.39 is 12.1 Å². The summed E-state index contributed by atoms with van der Waals surface area (Å²) in [6, 6.07) is 49.3. The molecular formula is C54H60N6O6. The van der Waals surface area contributed by atoms with Crippen LogP contribution < -0.4 is 30.7 Å². The molecule has 0 radical (unpaired) electrons. The zero-order valence-electron chi connectivity index (χ0n) is 37.8. The highest BCUT2D eigenvalue weighted by Gasteiger charge is 2.19. The van der Waals surface area contributed by atoms with Gasteiger partial charge in [0.1, 0.15) is 24.7 Å². The molecule has 12 nitrogen and oxygen atoms in total. The maximum absolute atomic E-state index is 13.9. The van der Waals surface area contributed by atoms with Crippen LogP contribution >= 0.6 is 0 Å². The van der Waals surface area contributed by atoms with Gasteiger partial charge < -0.3 is 30.7 Å². The Balaban J connectivity index is 1.06. The number of rotatable bonds is 25. The lowest BCUT2D eigenvalue weighted by Crippen LogP contribution is -2.31. The SMILES string of the molecule is CNC(=O)Nc1cc(C(=O)CN(CCCCCCN(CC(=O)c2ccc(OCc3ccccc3)c(NC(=O)NC)c2)Cc2ccccc2)Cc2ccccc2)ccc1OCc1ccccc1. The third-order valence-corrected chi connectivity index (χ3v) is 11.0. The van der Waals surface area contributed by atoms with Crippen LogP contribution in [-0.2, 0) is 26.3 Å². The van der Waals surface area contributed by atoms with E-state index in [1.54, 1.807) is 36.4 Å². The molecule has 342 valence electrons. The first kappa shape index (κ1) is 48.2. The monoisotopic (exact) mass is 888 g/mol. The second-order valence-electron chi connectivity index (χ2n) is 16.0. The number of hydrogen-bond donors (Lipinski definition) is 4. The predicted molar refractivity (Wildman–Crippen MR) is 261 cm³/mol. The first-order valence-corrected chi connectivity index (χ1v) is 22.4. The first-order chi connectivity index (χ1) is 32.3. The summed E-state index contributed by atoms with van der Waals surface area (Å²) in [6.45, 7) is 3.68. The summed E-state index contributed by atoms with van der Waals surface area (Å²) in [5.74, 6) is 0.810. The fourth-order valence-corrected chi connectivity index (χ4v) is 7.42. The molecule has 0 aliphatic carbocycles. The van der Waals surface area contributed by atoms with Gasteiger partial charge in [-0.15, -0.1) is 0 Å². The number of ketones is 2. The number of nitrogens with one attached hydrogen (secondary N) is 4.